The van der Waals surface area contributed by atoms with Crippen molar-refractivity contribution < 1.29 is 14.5 Å². The Bertz CT molecular complexity index is 598. The molecule has 24 heavy (non-hydrogen) atoms. The van der Waals surface area contributed by atoms with Gasteiger partial charge < -0.3 is 15.5 Å². The minimum atomic E-state index is -0.549. The Labute approximate surface area is 144 Å². The van der Waals surface area contributed by atoms with Crippen LogP contribution < -0.4 is 15.5 Å². The molecule has 5 nitrogen and oxygen atoms in total. The van der Waals surface area contributed by atoms with Crippen molar-refractivity contribution in [3.05, 3.63) is 35.4 Å². The molecule has 0 aliphatic carbocycles. The summed E-state index contributed by atoms with van der Waals surface area (Å²) in [7, 11) is 3.57. The van der Waals surface area contributed by atoms with Crippen LogP contribution in [0.15, 0.2) is 24.3 Å². The number of terminal acetylenes is 1. The summed E-state index contributed by atoms with van der Waals surface area (Å²) in [5, 5.41) is 5.57. The summed E-state index contributed by atoms with van der Waals surface area (Å²) in [4.78, 5) is 24.8. The van der Waals surface area contributed by atoms with E-state index in [1.54, 1.807) is 19.2 Å². The van der Waals surface area contributed by atoms with E-state index >= 15 is 0 Å². The van der Waals surface area contributed by atoms with Gasteiger partial charge in [0.1, 0.15) is 12.1 Å². The molecule has 1 unspecified atom stereocenters. The van der Waals surface area contributed by atoms with Crippen LogP contribution in [0.3, 0.4) is 0 Å². The van der Waals surface area contributed by atoms with Gasteiger partial charge in [0, 0.05) is 18.2 Å². The van der Waals surface area contributed by atoms with Gasteiger partial charge in [-0.3, -0.25) is 9.59 Å². The molecule has 5 heteroatoms. The highest BCUT2D eigenvalue weighted by Crippen LogP contribution is 2.12. The summed E-state index contributed by atoms with van der Waals surface area (Å²) in [5.41, 5.74) is 1.15. The van der Waals surface area contributed by atoms with Gasteiger partial charge in [-0.25, -0.2) is 0 Å². The van der Waals surface area contributed by atoms with Gasteiger partial charge in [-0.1, -0.05) is 31.9 Å². The summed E-state index contributed by atoms with van der Waals surface area (Å²) in [6.45, 7) is 5.01. The lowest BCUT2D eigenvalue weighted by atomic mass is 9.94. The van der Waals surface area contributed by atoms with Crippen LogP contribution in [0, 0.1) is 12.3 Å². The first-order chi connectivity index (χ1) is 11.4. The maximum absolute atomic E-state index is 12.2. The van der Waals surface area contributed by atoms with Crippen LogP contribution in [0.5, 0.6) is 0 Å². The number of amides is 2. The molecule has 130 valence electrons. The zero-order valence-electron chi connectivity index (χ0n) is 15.0. The normalized spacial score (nSPS) is 12.1. The Morgan fingerprint density at radius 3 is 2.25 bits per heavy atom. The molecule has 2 amide bonds. The van der Waals surface area contributed by atoms with E-state index in [1.807, 2.05) is 33.0 Å². The van der Waals surface area contributed by atoms with E-state index in [0.717, 1.165) is 10.5 Å². The van der Waals surface area contributed by atoms with Crippen molar-refractivity contribution in [1.82, 2.24) is 10.6 Å². The summed E-state index contributed by atoms with van der Waals surface area (Å²) < 4.78 is 0. The van der Waals surface area contributed by atoms with Crippen LogP contribution >= 0.6 is 0 Å². The van der Waals surface area contributed by atoms with E-state index in [1.165, 1.54) is 0 Å². The van der Waals surface area contributed by atoms with E-state index in [0.29, 0.717) is 31.5 Å². The van der Waals surface area contributed by atoms with Crippen LogP contribution in [0.4, 0.5) is 0 Å². The number of hydrogen-bond donors (Lipinski definition) is 3. The number of hydrogen-bond acceptors (Lipinski definition) is 2. The quantitative estimate of drug-likeness (QED) is 0.603. The van der Waals surface area contributed by atoms with Crippen molar-refractivity contribution in [2.75, 3.05) is 20.6 Å². The number of quaternary nitrogens is 1. The van der Waals surface area contributed by atoms with Gasteiger partial charge in [0.2, 0.25) is 0 Å². The first-order valence-electron chi connectivity index (χ1n) is 8.30. The molecule has 0 saturated heterocycles. The van der Waals surface area contributed by atoms with E-state index in [2.05, 4.69) is 16.6 Å². The van der Waals surface area contributed by atoms with Crippen LogP contribution in [0.2, 0.25) is 0 Å². The van der Waals surface area contributed by atoms with Crippen LogP contribution in [-0.4, -0.2) is 38.0 Å². The third-order valence-electron chi connectivity index (χ3n) is 4.27. The fourth-order valence-electron chi connectivity index (χ4n) is 2.58. The van der Waals surface area contributed by atoms with Crippen molar-refractivity contribution in [2.45, 2.75) is 38.8 Å². The molecule has 0 heterocycles. The number of benzene rings is 1. The van der Waals surface area contributed by atoms with Crippen molar-refractivity contribution >= 4 is 11.8 Å². The molecule has 0 aromatic heterocycles. The second-order valence-electron chi connectivity index (χ2n) is 6.07. The molecule has 1 aromatic rings. The first-order valence-corrected chi connectivity index (χ1v) is 8.30. The van der Waals surface area contributed by atoms with Gasteiger partial charge in [0.15, 0.2) is 6.54 Å². The molecular formula is C19H28N3O2+. The lowest BCUT2D eigenvalue weighted by molar-refractivity contribution is -0.885. The Balaban J connectivity index is 2.60. The van der Waals surface area contributed by atoms with Crippen molar-refractivity contribution in [1.29, 1.82) is 0 Å². The third kappa shape index (κ3) is 5.39. The molecule has 1 aromatic carbocycles. The Morgan fingerprint density at radius 1 is 1.21 bits per heavy atom. The Morgan fingerprint density at radius 2 is 1.79 bits per heavy atom. The van der Waals surface area contributed by atoms with E-state index in [4.69, 9.17) is 6.42 Å². The fourth-order valence-corrected chi connectivity index (χ4v) is 2.58. The Kier molecular flexibility index (Phi) is 7.47. The van der Waals surface area contributed by atoms with E-state index in [-0.39, 0.29) is 11.8 Å². The Hall–Kier alpha value is -2.32. The number of nitrogens with one attached hydrogen (secondary N) is 3. The molecule has 0 aliphatic heterocycles. The molecule has 0 bridgehead atoms. The average Bonchev–Trinajstić information content (AvgIpc) is 2.59. The second-order valence-corrected chi connectivity index (χ2v) is 6.07. The molecule has 0 saturated carbocycles. The topological polar surface area (TPSA) is 62.6 Å². The van der Waals surface area contributed by atoms with Crippen LogP contribution in [0.25, 0.3) is 0 Å². The van der Waals surface area contributed by atoms with Gasteiger partial charge in [0.25, 0.3) is 11.8 Å². The van der Waals surface area contributed by atoms with Gasteiger partial charge in [-0.05, 0) is 25.0 Å². The van der Waals surface area contributed by atoms with Crippen LogP contribution in [-0.2, 0) is 11.3 Å². The summed E-state index contributed by atoms with van der Waals surface area (Å²) >= 11 is 0. The van der Waals surface area contributed by atoms with Crippen molar-refractivity contribution in [3.8, 4) is 12.3 Å². The molecule has 0 spiro atoms. The van der Waals surface area contributed by atoms with Crippen LogP contribution in [0.1, 0.15) is 42.6 Å². The van der Waals surface area contributed by atoms with E-state index < -0.39 is 5.54 Å². The second kappa shape index (κ2) is 9.09. The molecule has 1 atom stereocenters. The summed E-state index contributed by atoms with van der Waals surface area (Å²) in [5.74, 6) is 2.56. The molecule has 0 fully saturated rings. The number of carbonyl (C=O) groups excluding carboxylic acids is 2. The lowest BCUT2D eigenvalue weighted by Crippen LogP contribution is -3.09. The molecule has 3 N–H and O–H groups in total. The molecule has 1 rings (SSSR count). The molecular weight excluding hydrogens is 302 g/mol. The predicted molar refractivity (Wildman–Crippen MR) is 95.6 cm³/mol. The SMILES string of the molecule is C#CC(CC)(CC)NC(=O)C[NH+](C)Cc1ccc(C(=O)NC)cc1. The van der Waals surface area contributed by atoms with E-state index in [9.17, 15) is 9.59 Å². The maximum atomic E-state index is 12.2. The highest BCUT2D eigenvalue weighted by molar-refractivity contribution is 5.93. The van der Waals surface area contributed by atoms with Gasteiger partial charge in [-0.2, -0.15) is 0 Å². The smallest absolute Gasteiger partial charge is 0.276 e. The fraction of sp³-hybridized carbons (Fsp3) is 0.474. The number of likely N-dealkylation sites (N-methyl/N-ethyl adjacent to an activating group) is 1. The minimum absolute atomic E-state index is 0.0452. The third-order valence-corrected chi connectivity index (χ3v) is 4.27. The summed E-state index contributed by atoms with van der Waals surface area (Å²) in [6.07, 6.45) is 7.01. The standard InChI is InChI=1S/C19H27N3O2/c1-6-19(7-2,8-3)21-17(23)14-22(5)13-15-9-11-16(12-10-15)18(24)20-4/h1,9-12H,7-8,13-14H2,2-5H3,(H,20,24)(H,21,23)/p+1. The number of carbonyl (C=O) groups is 2. The largest absolute Gasteiger partial charge is 0.355 e. The van der Waals surface area contributed by atoms with Crippen molar-refractivity contribution in [3.63, 3.8) is 0 Å². The highest BCUT2D eigenvalue weighted by Gasteiger charge is 2.26. The summed E-state index contributed by atoms with van der Waals surface area (Å²) in [6, 6.07) is 7.41. The van der Waals surface area contributed by atoms with Gasteiger partial charge >= 0.3 is 0 Å². The van der Waals surface area contributed by atoms with Gasteiger partial charge in [-0.15, -0.1) is 6.42 Å². The highest BCUT2D eigenvalue weighted by atomic mass is 16.2. The monoisotopic (exact) mass is 330 g/mol. The predicted octanol–water partition coefficient (Wildman–Crippen LogP) is 0.369. The minimum Gasteiger partial charge on any atom is -0.355 e. The lowest BCUT2D eigenvalue weighted by Gasteiger charge is -2.27. The maximum Gasteiger partial charge on any atom is 0.276 e. The zero-order valence-corrected chi connectivity index (χ0v) is 15.0. The molecule has 0 radical (unpaired) electrons. The van der Waals surface area contributed by atoms with Crippen molar-refractivity contribution in [2.24, 2.45) is 0 Å². The first kappa shape index (κ1) is 19.7. The number of rotatable bonds is 8. The van der Waals surface area contributed by atoms with Gasteiger partial charge in [0.05, 0.1) is 7.05 Å². The average molecular weight is 330 g/mol. The zero-order chi connectivity index (χ0) is 18.2. The molecule has 0 aliphatic rings.